The standard InChI is InChI=1S/C13H13FN4O/c1-19-11-12(15)16-7-17-13(11)18-5-4-8-2-3-9(14)6-10(8)18/h2-3,6-7H,4-5H2,1H3,(H2,15,16,17). The van der Waals surface area contributed by atoms with Crippen molar-refractivity contribution in [3.63, 3.8) is 0 Å². The van der Waals surface area contributed by atoms with E-state index < -0.39 is 0 Å². The quantitative estimate of drug-likeness (QED) is 0.893. The molecule has 2 N–H and O–H groups in total. The molecule has 98 valence electrons. The van der Waals surface area contributed by atoms with Crippen molar-refractivity contribution in [3.8, 4) is 5.75 Å². The molecule has 0 fully saturated rings. The fourth-order valence-electron chi connectivity index (χ4n) is 2.34. The van der Waals surface area contributed by atoms with Crippen molar-refractivity contribution in [1.82, 2.24) is 9.97 Å². The van der Waals surface area contributed by atoms with Gasteiger partial charge in [-0.05, 0) is 24.1 Å². The first-order valence-corrected chi connectivity index (χ1v) is 5.91. The molecule has 1 aliphatic heterocycles. The number of hydrogen-bond acceptors (Lipinski definition) is 5. The molecule has 2 heterocycles. The summed E-state index contributed by atoms with van der Waals surface area (Å²) in [4.78, 5) is 10.0. The van der Waals surface area contributed by atoms with Gasteiger partial charge in [0, 0.05) is 12.2 Å². The van der Waals surface area contributed by atoms with E-state index in [1.807, 2.05) is 4.90 Å². The molecule has 19 heavy (non-hydrogen) atoms. The zero-order valence-corrected chi connectivity index (χ0v) is 10.4. The lowest BCUT2D eigenvalue weighted by molar-refractivity contribution is 0.414. The number of hydrogen-bond donors (Lipinski definition) is 1. The number of benzene rings is 1. The molecule has 0 unspecified atom stereocenters. The zero-order valence-electron chi connectivity index (χ0n) is 10.4. The average molecular weight is 260 g/mol. The highest BCUT2D eigenvalue weighted by atomic mass is 19.1. The molecule has 1 aromatic heterocycles. The smallest absolute Gasteiger partial charge is 0.204 e. The van der Waals surface area contributed by atoms with Gasteiger partial charge in [0.2, 0.25) is 5.75 Å². The van der Waals surface area contributed by atoms with Crippen LogP contribution in [-0.4, -0.2) is 23.6 Å². The van der Waals surface area contributed by atoms with E-state index in [4.69, 9.17) is 10.5 Å². The van der Waals surface area contributed by atoms with Crippen LogP contribution in [0.15, 0.2) is 24.5 Å². The van der Waals surface area contributed by atoms with Gasteiger partial charge in [0.25, 0.3) is 0 Å². The summed E-state index contributed by atoms with van der Waals surface area (Å²) in [7, 11) is 1.51. The van der Waals surface area contributed by atoms with Crippen LogP contribution >= 0.6 is 0 Å². The van der Waals surface area contributed by atoms with Gasteiger partial charge in [-0.15, -0.1) is 0 Å². The number of nitrogens with two attached hydrogens (primary N) is 1. The van der Waals surface area contributed by atoms with Crippen molar-refractivity contribution in [3.05, 3.63) is 35.9 Å². The minimum Gasteiger partial charge on any atom is -0.490 e. The number of nitrogen functional groups attached to an aromatic ring is 1. The monoisotopic (exact) mass is 260 g/mol. The van der Waals surface area contributed by atoms with Crippen LogP contribution in [0.3, 0.4) is 0 Å². The minimum atomic E-state index is -0.272. The molecular formula is C13H13FN4O. The first-order chi connectivity index (χ1) is 9.20. The van der Waals surface area contributed by atoms with Gasteiger partial charge >= 0.3 is 0 Å². The summed E-state index contributed by atoms with van der Waals surface area (Å²) in [5, 5.41) is 0. The second kappa shape index (κ2) is 4.38. The van der Waals surface area contributed by atoms with Crippen molar-refractivity contribution in [2.24, 2.45) is 0 Å². The number of rotatable bonds is 2. The SMILES string of the molecule is COc1c(N)ncnc1N1CCc2ccc(F)cc21. The fourth-order valence-corrected chi connectivity index (χ4v) is 2.34. The molecule has 0 aliphatic carbocycles. The Hall–Kier alpha value is -2.37. The van der Waals surface area contributed by atoms with Crippen molar-refractivity contribution < 1.29 is 9.13 Å². The van der Waals surface area contributed by atoms with Gasteiger partial charge in [-0.25, -0.2) is 14.4 Å². The Morgan fingerprint density at radius 1 is 1.37 bits per heavy atom. The summed E-state index contributed by atoms with van der Waals surface area (Å²) in [5.41, 5.74) is 7.66. The third-order valence-corrected chi connectivity index (χ3v) is 3.22. The maximum atomic E-state index is 13.4. The molecule has 0 amide bonds. The van der Waals surface area contributed by atoms with Crippen LogP contribution in [0, 0.1) is 5.82 Å². The van der Waals surface area contributed by atoms with Crippen molar-refractivity contribution in [2.75, 3.05) is 24.3 Å². The Balaban J connectivity index is 2.11. The molecule has 2 aromatic rings. The molecule has 6 heteroatoms. The second-order valence-electron chi connectivity index (χ2n) is 4.29. The molecule has 1 aromatic carbocycles. The van der Waals surface area contributed by atoms with E-state index in [-0.39, 0.29) is 11.6 Å². The lowest BCUT2D eigenvalue weighted by Gasteiger charge is -2.20. The van der Waals surface area contributed by atoms with Crippen LogP contribution in [0.25, 0.3) is 0 Å². The highest BCUT2D eigenvalue weighted by molar-refractivity contribution is 5.74. The van der Waals surface area contributed by atoms with E-state index >= 15 is 0 Å². The lowest BCUT2D eigenvalue weighted by atomic mass is 10.2. The first-order valence-electron chi connectivity index (χ1n) is 5.91. The summed E-state index contributed by atoms with van der Waals surface area (Å²) >= 11 is 0. The molecule has 1 aliphatic rings. The number of methoxy groups -OCH3 is 1. The van der Waals surface area contributed by atoms with Gasteiger partial charge in [0.05, 0.1) is 7.11 Å². The lowest BCUT2D eigenvalue weighted by Crippen LogP contribution is -2.17. The molecule has 0 saturated heterocycles. The number of aromatic nitrogens is 2. The van der Waals surface area contributed by atoms with Gasteiger partial charge in [-0.1, -0.05) is 6.07 Å². The number of ether oxygens (including phenoxy) is 1. The second-order valence-corrected chi connectivity index (χ2v) is 4.29. The number of halogens is 1. The van der Waals surface area contributed by atoms with Gasteiger partial charge < -0.3 is 15.4 Å². The fraction of sp³-hybridized carbons (Fsp3) is 0.231. The normalized spacial score (nSPS) is 13.5. The van der Waals surface area contributed by atoms with Gasteiger partial charge in [0.1, 0.15) is 12.1 Å². The van der Waals surface area contributed by atoms with Crippen molar-refractivity contribution >= 4 is 17.3 Å². The van der Waals surface area contributed by atoms with E-state index in [1.54, 1.807) is 6.07 Å². The molecule has 0 radical (unpaired) electrons. The molecule has 3 rings (SSSR count). The van der Waals surface area contributed by atoms with Crippen LogP contribution in [0.2, 0.25) is 0 Å². The Labute approximate surface area is 109 Å². The van der Waals surface area contributed by atoms with Gasteiger partial charge in [-0.2, -0.15) is 0 Å². The maximum Gasteiger partial charge on any atom is 0.204 e. The molecule has 0 atom stereocenters. The van der Waals surface area contributed by atoms with Crippen molar-refractivity contribution in [1.29, 1.82) is 0 Å². The zero-order chi connectivity index (χ0) is 13.4. The first kappa shape index (κ1) is 11.7. The van der Waals surface area contributed by atoms with E-state index in [2.05, 4.69) is 9.97 Å². The summed E-state index contributed by atoms with van der Waals surface area (Å²) in [6.07, 6.45) is 2.22. The van der Waals surface area contributed by atoms with E-state index in [9.17, 15) is 4.39 Å². The van der Waals surface area contributed by atoms with Crippen LogP contribution in [0.5, 0.6) is 5.75 Å². The largest absolute Gasteiger partial charge is 0.490 e. The molecule has 0 spiro atoms. The Morgan fingerprint density at radius 3 is 3.00 bits per heavy atom. The third kappa shape index (κ3) is 1.85. The Kier molecular flexibility index (Phi) is 2.70. The molecule has 0 bridgehead atoms. The average Bonchev–Trinajstić information content (AvgIpc) is 2.81. The minimum absolute atomic E-state index is 0.272. The highest BCUT2D eigenvalue weighted by Crippen LogP contribution is 2.39. The predicted molar refractivity (Wildman–Crippen MR) is 70.1 cm³/mol. The van der Waals surface area contributed by atoms with Crippen molar-refractivity contribution in [2.45, 2.75) is 6.42 Å². The third-order valence-electron chi connectivity index (χ3n) is 3.22. The van der Waals surface area contributed by atoms with Crippen LogP contribution < -0.4 is 15.4 Å². The topological polar surface area (TPSA) is 64.3 Å². The summed E-state index contributed by atoms with van der Waals surface area (Å²) < 4.78 is 18.6. The van der Waals surface area contributed by atoms with Gasteiger partial charge in [0.15, 0.2) is 11.6 Å². The maximum absolute atomic E-state index is 13.4. The van der Waals surface area contributed by atoms with Gasteiger partial charge in [-0.3, -0.25) is 0 Å². The number of anilines is 3. The number of nitrogens with zero attached hydrogens (tertiary/aromatic N) is 3. The highest BCUT2D eigenvalue weighted by Gasteiger charge is 2.25. The van der Waals surface area contributed by atoms with Crippen LogP contribution in [0.1, 0.15) is 5.56 Å². The van der Waals surface area contributed by atoms with E-state index in [0.717, 1.165) is 17.7 Å². The van der Waals surface area contributed by atoms with Crippen LogP contribution in [0.4, 0.5) is 21.7 Å². The molecule has 0 saturated carbocycles. The molecule has 5 nitrogen and oxygen atoms in total. The Morgan fingerprint density at radius 2 is 2.21 bits per heavy atom. The van der Waals surface area contributed by atoms with Crippen LogP contribution in [-0.2, 0) is 6.42 Å². The predicted octanol–water partition coefficient (Wildman–Crippen LogP) is 1.90. The number of fused-ring (bicyclic) bond motifs is 1. The van der Waals surface area contributed by atoms with E-state index in [0.29, 0.717) is 18.1 Å². The summed E-state index contributed by atoms with van der Waals surface area (Å²) in [6.45, 7) is 0.714. The van der Waals surface area contributed by atoms with E-state index in [1.165, 1.54) is 25.6 Å². The summed E-state index contributed by atoms with van der Waals surface area (Å²) in [6, 6.07) is 4.76. The molecular weight excluding hydrogens is 247 g/mol. The summed E-state index contributed by atoms with van der Waals surface area (Å²) in [5.74, 6) is 0.989. The Bertz CT molecular complexity index is 632.